The van der Waals surface area contributed by atoms with E-state index in [1.807, 2.05) is 0 Å². The van der Waals surface area contributed by atoms with Crippen molar-refractivity contribution in [2.75, 3.05) is 18.5 Å². The third-order valence-electron chi connectivity index (χ3n) is 4.78. The smallest absolute Gasteiger partial charge is 0.313 e. The van der Waals surface area contributed by atoms with E-state index in [1.165, 1.54) is 6.07 Å². The molecule has 1 atom stereocenters. The lowest BCUT2D eigenvalue weighted by molar-refractivity contribution is -0.384. The van der Waals surface area contributed by atoms with Gasteiger partial charge in [0.1, 0.15) is 18.0 Å². The number of nitrogens with zero attached hydrogens (tertiary/aromatic N) is 1. The van der Waals surface area contributed by atoms with Crippen LogP contribution < -0.4 is 10.1 Å². The number of fused-ring (bicyclic) bond motifs is 1. The number of nitrogens with one attached hydrogen (secondary N) is 1. The first-order valence-electron chi connectivity index (χ1n) is 8.88. The third kappa shape index (κ3) is 4.65. The number of hydrogen-bond donors (Lipinski definition) is 1. The van der Waals surface area contributed by atoms with Gasteiger partial charge in [0.05, 0.1) is 10.8 Å². The molecule has 3 rings (SSSR count). The number of ether oxygens (including phenoxy) is 2. The van der Waals surface area contributed by atoms with E-state index in [0.29, 0.717) is 22.8 Å². The number of anilines is 1. The maximum absolute atomic E-state index is 12.3. The van der Waals surface area contributed by atoms with Crippen LogP contribution in [0.5, 0.6) is 5.75 Å². The number of aryl methyl sites for hydroxylation is 1. The fourth-order valence-corrected chi connectivity index (χ4v) is 3.25. The molecule has 1 aliphatic heterocycles. The van der Waals surface area contributed by atoms with Gasteiger partial charge in [-0.2, -0.15) is 0 Å². The predicted molar refractivity (Wildman–Crippen MR) is 106 cm³/mol. The number of nitro benzene ring substituents is 1. The summed E-state index contributed by atoms with van der Waals surface area (Å²) in [6.07, 6.45) is 0.388. The van der Waals surface area contributed by atoms with Crippen LogP contribution in [0.1, 0.15) is 16.7 Å². The molecule has 0 aliphatic carbocycles. The average Bonchev–Trinajstić information content (AvgIpc) is 2.68. The number of carbonyl (C=O) groups excluding carboxylic acids is 2. The first kappa shape index (κ1) is 20.6. The molecule has 1 aliphatic rings. The van der Waals surface area contributed by atoms with Gasteiger partial charge in [-0.3, -0.25) is 19.7 Å². The highest BCUT2D eigenvalue weighted by atomic mass is 35.5. The Morgan fingerprint density at radius 2 is 2.07 bits per heavy atom. The standard InChI is InChI=1S/C20H19ClN2O6/c1-11-3-5-16(23(26)27)19(12(11)2)22-18(24)10-29-20(25)14-7-13-8-15(21)4-6-17(13)28-9-14/h3-6,8,14H,7,9-10H2,1-2H3,(H,22,24)/t14-/m0/s1. The van der Waals surface area contributed by atoms with Gasteiger partial charge in [-0.15, -0.1) is 0 Å². The molecule has 0 radical (unpaired) electrons. The Kier molecular flexibility index (Phi) is 6.03. The zero-order valence-corrected chi connectivity index (χ0v) is 16.6. The molecular formula is C20H19ClN2O6. The zero-order valence-electron chi connectivity index (χ0n) is 15.9. The fraction of sp³-hybridized carbons (Fsp3) is 0.300. The highest BCUT2D eigenvalue weighted by molar-refractivity contribution is 6.30. The minimum atomic E-state index is -0.657. The van der Waals surface area contributed by atoms with Gasteiger partial charge < -0.3 is 14.8 Å². The second-order valence-corrected chi connectivity index (χ2v) is 7.22. The summed E-state index contributed by atoms with van der Waals surface area (Å²) in [5, 5.41) is 14.2. The summed E-state index contributed by atoms with van der Waals surface area (Å²) in [7, 11) is 0. The van der Waals surface area contributed by atoms with Crippen LogP contribution in [0, 0.1) is 29.9 Å². The van der Waals surface area contributed by atoms with Gasteiger partial charge in [0.25, 0.3) is 11.6 Å². The van der Waals surface area contributed by atoms with Gasteiger partial charge in [-0.05, 0) is 55.2 Å². The molecule has 0 bridgehead atoms. The Morgan fingerprint density at radius 1 is 1.31 bits per heavy atom. The van der Waals surface area contributed by atoms with Gasteiger partial charge in [0, 0.05) is 11.1 Å². The van der Waals surface area contributed by atoms with Crippen LogP contribution in [0.2, 0.25) is 5.02 Å². The summed E-state index contributed by atoms with van der Waals surface area (Å²) < 4.78 is 10.6. The molecule has 9 heteroatoms. The molecule has 0 unspecified atom stereocenters. The second kappa shape index (κ2) is 8.48. The van der Waals surface area contributed by atoms with Gasteiger partial charge in [-0.25, -0.2) is 0 Å². The summed E-state index contributed by atoms with van der Waals surface area (Å²) in [6, 6.07) is 8.10. The number of carbonyl (C=O) groups is 2. The summed E-state index contributed by atoms with van der Waals surface area (Å²) in [6.45, 7) is 3.04. The SMILES string of the molecule is Cc1ccc([N+](=O)[O-])c(NC(=O)COC(=O)[C@@H]2COc3ccc(Cl)cc3C2)c1C. The number of esters is 1. The largest absolute Gasteiger partial charge is 0.492 e. The van der Waals surface area contributed by atoms with Crippen molar-refractivity contribution in [1.82, 2.24) is 0 Å². The van der Waals surface area contributed by atoms with E-state index >= 15 is 0 Å². The first-order valence-corrected chi connectivity index (χ1v) is 9.26. The number of benzene rings is 2. The van der Waals surface area contributed by atoms with Crippen molar-refractivity contribution in [2.45, 2.75) is 20.3 Å². The van der Waals surface area contributed by atoms with Crippen LogP contribution >= 0.6 is 11.6 Å². The molecular weight excluding hydrogens is 400 g/mol. The minimum absolute atomic E-state index is 0.0978. The second-order valence-electron chi connectivity index (χ2n) is 6.78. The number of hydrogen-bond acceptors (Lipinski definition) is 6. The van der Waals surface area contributed by atoms with E-state index in [2.05, 4.69) is 5.32 Å². The zero-order chi connectivity index (χ0) is 21.1. The first-order chi connectivity index (χ1) is 13.8. The maximum atomic E-state index is 12.3. The third-order valence-corrected chi connectivity index (χ3v) is 5.02. The van der Waals surface area contributed by atoms with Crippen LogP contribution in [0.15, 0.2) is 30.3 Å². The van der Waals surface area contributed by atoms with E-state index in [9.17, 15) is 19.7 Å². The Hall–Kier alpha value is -3.13. The predicted octanol–water partition coefficient (Wildman–Crippen LogP) is 3.60. The molecule has 1 heterocycles. The number of nitro groups is 1. The van der Waals surface area contributed by atoms with Crippen LogP contribution in [-0.4, -0.2) is 30.0 Å². The molecule has 2 aromatic carbocycles. The van der Waals surface area contributed by atoms with E-state index in [-0.39, 0.29) is 18.0 Å². The van der Waals surface area contributed by atoms with E-state index in [1.54, 1.807) is 38.1 Å². The molecule has 152 valence electrons. The number of amides is 1. The minimum Gasteiger partial charge on any atom is -0.492 e. The van der Waals surface area contributed by atoms with Crippen molar-refractivity contribution < 1.29 is 24.0 Å². The Balaban J connectivity index is 1.61. The fourth-order valence-electron chi connectivity index (χ4n) is 3.06. The Labute approximate surface area is 171 Å². The molecule has 0 saturated heterocycles. The normalized spacial score (nSPS) is 15.1. The van der Waals surface area contributed by atoms with Gasteiger partial charge in [0.2, 0.25) is 0 Å². The summed E-state index contributed by atoms with van der Waals surface area (Å²) >= 11 is 5.97. The summed E-state index contributed by atoms with van der Waals surface area (Å²) in [5.74, 6) is -1.14. The van der Waals surface area contributed by atoms with Crippen molar-refractivity contribution in [3.05, 3.63) is 62.2 Å². The molecule has 8 nitrogen and oxygen atoms in total. The summed E-state index contributed by atoms with van der Waals surface area (Å²) in [5.41, 5.74) is 2.04. The molecule has 0 fully saturated rings. The van der Waals surface area contributed by atoms with Crippen LogP contribution in [0.25, 0.3) is 0 Å². The van der Waals surface area contributed by atoms with E-state index in [4.69, 9.17) is 21.1 Å². The Morgan fingerprint density at radius 3 is 2.79 bits per heavy atom. The van der Waals surface area contributed by atoms with E-state index < -0.39 is 29.3 Å². The molecule has 0 saturated carbocycles. The van der Waals surface area contributed by atoms with Crippen molar-refractivity contribution in [2.24, 2.45) is 5.92 Å². The summed E-state index contributed by atoms with van der Waals surface area (Å²) in [4.78, 5) is 35.2. The van der Waals surface area contributed by atoms with Crippen molar-refractivity contribution >= 4 is 34.9 Å². The highest BCUT2D eigenvalue weighted by Gasteiger charge is 2.28. The monoisotopic (exact) mass is 418 g/mol. The van der Waals surface area contributed by atoms with Crippen molar-refractivity contribution in [1.29, 1.82) is 0 Å². The van der Waals surface area contributed by atoms with Crippen LogP contribution in [0.4, 0.5) is 11.4 Å². The van der Waals surface area contributed by atoms with Crippen molar-refractivity contribution in [3.63, 3.8) is 0 Å². The number of rotatable bonds is 5. The molecule has 29 heavy (non-hydrogen) atoms. The molecule has 1 N–H and O–H groups in total. The van der Waals surface area contributed by atoms with Gasteiger partial charge in [0.15, 0.2) is 6.61 Å². The Bertz CT molecular complexity index is 991. The lowest BCUT2D eigenvalue weighted by atomic mass is 9.97. The average molecular weight is 419 g/mol. The number of halogens is 1. The quantitative estimate of drug-likeness (QED) is 0.451. The molecule has 0 spiro atoms. The molecule has 1 amide bonds. The van der Waals surface area contributed by atoms with E-state index in [0.717, 1.165) is 11.1 Å². The highest BCUT2D eigenvalue weighted by Crippen LogP contribution is 2.31. The molecule has 0 aromatic heterocycles. The van der Waals surface area contributed by atoms with Crippen LogP contribution in [-0.2, 0) is 20.7 Å². The lowest BCUT2D eigenvalue weighted by Gasteiger charge is -2.24. The topological polar surface area (TPSA) is 108 Å². The van der Waals surface area contributed by atoms with Crippen molar-refractivity contribution in [3.8, 4) is 5.75 Å². The van der Waals surface area contributed by atoms with Crippen LogP contribution in [0.3, 0.4) is 0 Å². The lowest BCUT2D eigenvalue weighted by Crippen LogP contribution is -2.32. The molecule has 2 aromatic rings. The maximum Gasteiger partial charge on any atom is 0.313 e. The van der Waals surface area contributed by atoms with Gasteiger partial charge >= 0.3 is 5.97 Å². The van der Waals surface area contributed by atoms with Gasteiger partial charge in [-0.1, -0.05) is 17.7 Å².